The Morgan fingerprint density at radius 2 is 1.96 bits per heavy atom. The minimum atomic E-state index is -0.0568. The molecule has 1 aliphatic rings. The first kappa shape index (κ1) is 15.7. The lowest BCUT2D eigenvalue weighted by atomic mass is 10.1. The van der Waals surface area contributed by atoms with Gasteiger partial charge in [0.05, 0.1) is 11.6 Å². The largest absolute Gasteiger partial charge is 0.351 e. The van der Waals surface area contributed by atoms with E-state index >= 15 is 0 Å². The van der Waals surface area contributed by atoms with Crippen LogP contribution in [0, 0.1) is 0 Å². The Labute approximate surface area is 154 Å². The fourth-order valence-corrected chi connectivity index (χ4v) is 3.48. The first-order valence-electron chi connectivity index (χ1n) is 8.73. The van der Waals surface area contributed by atoms with Gasteiger partial charge in [0, 0.05) is 32.6 Å². The zero-order valence-corrected chi connectivity index (χ0v) is 15.0. The van der Waals surface area contributed by atoms with Crippen LogP contribution in [-0.4, -0.2) is 66.6 Å². The van der Waals surface area contributed by atoms with E-state index in [0.29, 0.717) is 11.3 Å². The van der Waals surface area contributed by atoms with Crippen molar-refractivity contribution in [1.29, 1.82) is 0 Å². The van der Waals surface area contributed by atoms with E-state index in [0.717, 1.165) is 29.8 Å². The Bertz CT molecular complexity index is 1160. The third-order valence-corrected chi connectivity index (χ3v) is 5.16. The maximum atomic E-state index is 13.0. The van der Waals surface area contributed by atoms with Gasteiger partial charge >= 0.3 is 0 Å². The van der Waals surface area contributed by atoms with E-state index in [2.05, 4.69) is 25.3 Å². The summed E-state index contributed by atoms with van der Waals surface area (Å²) >= 11 is 0. The first-order valence-corrected chi connectivity index (χ1v) is 8.73. The lowest BCUT2D eigenvalue weighted by Crippen LogP contribution is -2.60. The van der Waals surface area contributed by atoms with Crippen LogP contribution in [-0.2, 0) is 7.05 Å². The summed E-state index contributed by atoms with van der Waals surface area (Å²) in [7, 11) is 3.70. The summed E-state index contributed by atoms with van der Waals surface area (Å²) in [6.07, 6.45) is 1.58. The molecule has 0 aliphatic carbocycles. The Kier molecular flexibility index (Phi) is 3.36. The summed E-state index contributed by atoms with van der Waals surface area (Å²) in [6, 6.07) is 11.7. The predicted molar refractivity (Wildman–Crippen MR) is 99.6 cm³/mol. The van der Waals surface area contributed by atoms with Crippen molar-refractivity contribution in [2.75, 3.05) is 25.0 Å². The number of nitrogens with zero attached hydrogens (tertiary/aromatic N) is 8. The van der Waals surface area contributed by atoms with Gasteiger partial charge in [-0.2, -0.15) is 9.61 Å². The van der Waals surface area contributed by atoms with E-state index < -0.39 is 0 Å². The van der Waals surface area contributed by atoms with Crippen molar-refractivity contribution in [3.63, 3.8) is 0 Å². The van der Waals surface area contributed by atoms with E-state index in [1.807, 2.05) is 50.5 Å². The Morgan fingerprint density at radius 3 is 2.81 bits per heavy atom. The zero-order chi connectivity index (χ0) is 18.5. The molecule has 27 heavy (non-hydrogen) atoms. The molecule has 3 aromatic heterocycles. The second-order valence-corrected chi connectivity index (χ2v) is 6.79. The van der Waals surface area contributed by atoms with Crippen molar-refractivity contribution in [1.82, 2.24) is 34.5 Å². The zero-order valence-electron chi connectivity index (χ0n) is 15.0. The standard InChI is InChI=1S/C18H18N8O/c1-23(18(27)17-13-5-3-4-6-14(13)24(2)22-17)12-9-25(10-12)16-8-7-15-20-19-11-26(15)21-16/h3-8,11-12H,9-10H2,1-2H3. The van der Waals surface area contributed by atoms with Gasteiger partial charge in [0.25, 0.3) is 5.91 Å². The minimum Gasteiger partial charge on any atom is -0.351 e. The summed E-state index contributed by atoms with van der Waals surface area (Å²) in [5, 5.41) is 17.6. The van der Waals surface area contributed by atoms with E-state index in [9.17, 15) is 4.79 Å². The molecule has 0 radical (unpaired) electrons. The van der Waals surface area contributed by atoms with Crippen LogP contribution in [0.15, 0.2) is 42.7 Å². The average molecular weight is 362 g/mol. The number of hydrogen-bond donors (Lipinski definition) is 0. The molecule has 0 spiro atoms. The van der Waals surface area contributed by atoms with Gasteiger partial charge in [-0.15, -0.1) is 15.3 Å². The number of likely N-dealkylation sites (N-methyl/N-ethyl adjacent to an activating group) is 1. The number of amides is 1. The second-order valence-electron chi connectivity index (χ2n) is 6.79. The summed E-state index contributed by atoms with van der Waals surface area (Å²) in [6.45, 7) is 1.46. The van der Waals surface area contributed by atoms with Gasteiger partial charge in [-0.3, -0.25) is 9.48 Å². The Balaban J connectivity index is 1.33. The number of aromatic nitrogens is 6. The molecule has 0 saturated carbocycles. The Hall–Kier alpha value is -3.49. The molecule has 5 rings (SSSR count). The fraction of sp³-hybridized carbons (Fsp3) is 0.278. The lowest BCUT2D eigenvalue weighted by molar-refractivity contribution is 0.0700. The maximum absolute atomic E-state index is 13.0. The predicted octanol–water partition coefficient (Wildman–Crippen LogP) is 0.972. The molecule has 1 aliphatic heterocycles. The maximum Gasteiger partial charge on any atom is 0.275 e. The topological polar surface area (TPSA) is 84.5 Å². The van der Waals surface area contributed by atoms with Crippen LogP contribution < -0.4 is 4.90 Å². The molecule has 136 valence electrons. The summed E-state index contributed by atoms with van der Waals surface area (Å²) in [5.74, 6) is 0.793. The highest BCUT2D eigenvalue weighted by molar-refractivity contribution is 6.04. The number of fused-ring (bicyclic) bond motifs is 2. The van der Waals surface area contributed by atoms with Crippen molar-refractivity contribution in [3.8, 4) is 0 Å². The van der Waals surface area contributed by atoms with Gasteiger partial charge in [-0.05, 0) is 18.2 Å². The molecule has 1 saturated heterocycles. The van der Waals surface area contributed by atoms with Crippen molar-refractivity contribution in [3.05, 3.63) is 48.4 Å². The average Bonchev–Trinajstić information content (AvgIpc) is 3.24. The van der Waals surface area contributed by atoms with Crippen molar-refractivity contribution in [2.24, 2.45) is 7.05 Å². The van der Waals surface area contributed by atoms with E-state index in [1.165, 1.54) is 0 Å². The first-order chi connectivity index (χ1) is 13.1. The van der Waals surface area contributed by atoms with E-state index in [4.69, 9.17) is 0 Å². The van der Waals surface area contributed by atoms with Gasteiger partial charge in [0.15, 0.2) is 11.3 Å². The van der Waals surface area contributed by atoms with Crippen LogP contribution >= 0.6 is 0 Å². The molecule has 1 fully saturated rings. The van der Waals surface area contributed by atoms with Gasteiger partial charge in [-0.25, -0.2) is 0 Å². The third-order valence-electron chi connectivity index (χ3n) is 5.16. The molecule has 0 atom stereocenters. The molecular weight excluding hydrogens is 344 g/mol. The number of benzene rings is 1. The molecule has 4 heterocycles. The van der Waals surface area contributed by atoms with Crippen LogP contribution in [0.25, 0.3) is 16.6 Å². The summed E-state index contributed by atoms with van der Waals surface area (Å²) in [4.78, 5) is 16.9. The second kappa shape index (κ2) is 5.76. The van der Waals surface area contributed by atoms with Crippen LogP contribution in [0.1, 0.15) is 10.5 Å². The van der Waals surface area contributed by atoms with Crippen molar-refractivity contribution < 1.29 is 4.79 Å². The number of anilines is 1. The molecule has 1 amide bonds. The quantitative estimate of drug-likeness (QED) is 0.540. The van der Waals surface area contributed by atoms with Gasteiger partial charge in [-0.1, -0.05) is 18.2 Å². The molecule has 9 nitrogen and oxygen atoms in total. The molecule has 4 aromatic rings. The minimum absolute atomic E-state index is 0.0568. The molecule has 0 unspecified atom stereocenters. The van der Waals surface area contributed by atoms with Crippen LogP contribution in [0.5, 0.6) is 0 Å². The normalized spacial score (nSPS) is 14.7. The lowest BCUT2D eigenvalue weighted by Gasteiger charge is -2.44. The highest BCUT2D eigenvalue weighted by Gasteiger charge is 2.35. The van der Waals surface area contributed by atoms with E-state index in [1.54, 1.807) is 20.4 Å². The molecule has 9 heteroatoms. The van der Waals surface area contributed by atoms with E-state index in [-0.39, 0.29) is 11.9 Å². The number of rotatable bonds is 3. The van der Waals surface area contributed by atoms with Crippen LogP contribution in [0.4, 0.5) is 5.82 Å². The highest BCUT2D eigenvalue weighted by Crippen LogP contribution is 2.24. The van der Waals surface area contributed by atoms with Crippen molar-refractivity contribution >= 4 is 28.3 Å². The molecule has 0 bridgehead atoms. The molecular formula is C18H18N8O. The number of hydrogen-bond acceptors (Lipinski definition) is 6. The highest BCUT2D eigenvalue weighted by atomic mass is 16.2. The van der Waals surface area contributed by atoms with Crippen LogP contribution in [0.3, 0.4) is 0 Å². The SMILES string of the molecule is CN(C(=O)c1nn(C)c2ccccc12)C1CN(c2ccc3nncn3n2)C1. The van der Waals surface area contributed by atoms with Gasteiger partial charge < -0.3 is 9.80 Å². The number of carbonyl (C=O) groups excluding carboxylic acids is 1. The Morgan fingerprint density at radius 1 is 1.15 bits per heavy atom. The molecule has 1 aromatic carbocycles. The third kappa shape index (κ3) is 2.42. The number of aryl methyl sites for hydroxylation is 1. The summed E-state index contributed by atoms with van der Waals surface area (Å²) < 4.78 is 3.40. The van der Waals surface area contributed by atoms with Gasteiger partial charge in [0.1, 0.15) is 12.1 Å². The monoisotopic (exact) mass is 362 g/mol. The van der Waals surface area contributed by atoms with Gasteiger partial charge in [0.2, 0.25) is 0 Å². The van der Waals surface area contributed by atoms with Crippen molar-refractivity contribution in [2.45, 2.75) is 6.04 Å². The fourth-order valence-electron chi connectivity index (χ4n) is 3.48. The number of para-hydroxylation sites is 1. The number of carbonyl (C=O) groups is 1. The van der Waals surface area contributed by atoms with Crippen LogP contribution in [0.2, 0.25) is 0 Å². The summed E-state index contributed by atoms with van der Waals surface area (Å²) in [5.41, 5.74) is 2.17. The molecule has 0 N–H and O–H groups in total. The smallest absolute Gasteiger partial charge is 0.275 e.